The van der Waals surface area contributed by atoms with Crippen LogP contribution in [0.1, 0.15) is 26.0 Å². The Labute approximate surface area is 92.2 Å². The quantitative estimate of drug-likeness (QED) is 0.857. The van der Waals surface area contributed by atoms with Crippen molar-refractivity contribution in [2.75, 3.05) is 6.54 Å². The molecule has 80 valence electrons. The number of halogens is 1. The SMILES string of the molecule is CCn1ncc(Br)c1C(O)(CC)CN. The number of hydrogen-bond donors (Lipinski definition) is 2. The molecule has 0 bridgehead atoms. The van der Waals surface area contributed by atoms with Crippen LogP contribution in [0.5, 0.6) is 0 Å². The van der Waals surface area contributed by atoms with Gasteiger partial charge in [0.25, 0.3) is 0 Å². The van der Waals surface area contributed by atoms with Gasteiger partial charge in [-0.05, 0) is 29.3 Å². The monoisotopic (exact) mass is 261 g/mol. The van der Waals surface area contributed by atoms with Crippen LogP contribution in [-0.4, -0.2) is 21.4 Å². The van der Waals surface area contributed by atoms with Crippen LogP contribution in [0.3, 0.4) is 0 Å². The number of aromatic nitrogens is 2. The fourth-order valence-corrected chi connectivity index (χ4v) is 2.14. The number of nitrogens with two attached hydrogens (primary N) is 1. The van der Waals surface area contributed by atoms with Gasteiger partial charge in [0.15, 0.2) is 0 Å². The summed E-state index contributed by atoms with van der Waals surface area (Å²) >= 11 is 3.38. The van der Waals surface area contributed by atoms with E-state index in [0.717, 1.165) is 16.7 Å². The topological polar surface area (TPSA) is 64.1 Å². The lowest BCUT2D eigenvalue weighted by Gasteiger charge is -2.26. The van der Waals surface area contributed by atoms with Crippen molar-refractivity contribution in [2.24, 2.45) is 5.73 Å². The van der Waals surface area contributed by atoms with E-state index in [2.05, 4.69) is 21.0 Å². The number of hydrogen-bond acceptors (Lipinski definition) is 3. The minimum Gasteiger partial charge on any atom is -0.382 e. The van der Waals surface area contributed by atoms with Gasteiger partial charge in [-0.2, -0.15) is 5.10 Å². The summed E-state index contributed by atoms with van der Waals surface area (Å²) < 4.78 is 2.58. The Hall–Kier alpha value is -0.390. The molecule has 0 spiro atoms. The van der Waals surface area contributed by atoms with Crippen LogP contribution in [0.25, 0.3) is 0 Å². The molecule has 1 aromatic heterocycles. The molecule has 1 aromatic rings. The average molecular weight is 262 g/mol. The molecule has 0 saturated carbocycles. The van der Waals surface area contributed by atoms with Crippen LogP contribution in [-0.2, 0) is 12.1 Å². The van der Waals surface area contributed by atoms with E-state index in [1.165, 1.54) is 0 Å². The second kappa shape index (κ2) is 4.42. The Morgan fingerprint density at radius 1 is 1.64 bits per heavy atom. The highest BCUT2D eigenvalue weighted by molar-refractivity contribution is 9.10. The van der Waals surface area contributed by atoms with Crippen LogP contribution in [0.15, 0.2) is 10.7 Å². The predicted molar refractivity (Wildman–Crippen MR) is 58.8 cm³/mol. The molecule has 0 aromatic carbocycles. The summed E-state index contributed by atoms with van der Waals surface area (Å²) in [5.41, 5.74) is 5.38. The van der Waals surface area contributed by atoms with Gasteiger partial charge in [-0.25, -0.2) is 0 Å². The first-order valence-electron chi connectivity index (χ1n) is 4.73. The maximum absolute atomic E-state index is 10.3. The van der Waals surface area contributed by atoms with Crippen LogP contribution in [0, 0.1) is 0 Å². The number of nitrogens with zero attached hydrogens (tertiary/aromatic N) is 2. The summed E-state index contributed by atoms with van der Waals surface area (Å²) in [4.78, 5) is 0. The van der Waals surface area contributed by atoms with E-state index in [1.807, 2.05) is 13.8 Å². The highest BCUT2D eigenvalue weighted by Crippen LogP contribution is 2.30. The van der Waals surface area contributed by atoms with Gasteiger partial charge in [-0.1, -0.05) is 6.92 Å². The zero-order valence-electron chi connectivity index (χ0n) is 8.50. The fourth-order valence-electron chi connectivity index (χ4n) is 1.47. The summed E-state index contributed by atoms with van der Waals surface area (Å²) in [6.07, 6.45) is 2.27. The van der Waals surface area contributed by atoms with Gasteiger partial charge in [0.05, 0.1) is 16.4 Å². The zero-order chi connectivity index (χ0) is 10.8. The third kappa shape index (κ3) is 1.85. The smallest absolute Gasteiger partial charge is 0.119 e. The minimum absolute atomic E-state index is 0.202. The zero-order valence-corrected chi connectivity index (χ0v) is 10.1. The van der Waals surface area contributed by atoms with Gasteiger partial charge in [0.1, 0.15) is 5.60 Å². The number of aliphatic hydroxyl groups is 1. The van der Waals surface area contributed by atoms with Crippen molar-refractivity contribution in [3.63, 3.8) is 0 Å². The Balaban J connectivity index is 3.20. The normalized spacial score (nSPS) is 15.5. The Morgan fingerprint density at radius 2 is 2.29 bits per heavy atom. The lowest BCUT2D eigenvalue weighted by molar-refractivity contribution is 0.0319. The first-order valence-corrected chi connectivity index (χ1v) is 5.52. The number of aryl methyl sites for hydroxylation is 1. The van der Waals surface area contributed by atoms with Gasteiger partial charge in [0.2, 0.25) is 0 Å². The van der Waals surface area contributed by atoms with E-state index >= 15 is 0 Å². The van der Waals surface area contributed by atoms with Gasteiger partial charge in [-0.15, -0.1) is 0 Å². The second-order valence-corrected chi connectivity index (χ2v) is 4.10. The predicted octanol–water partition coefficient (Wildman–Crippen LogP) is 1.22. The molecule has 1 rings (SSSR count). The summed E-state index contributed by atoms with van der Waals surface area (Å²) in [7, 11) is 0. The summed E-state index contributed by atoms with van der Waals surface area (Å²) in [5.74, 6) is 0. The molecule has 14 heavy (non-hydrogen) atoms. The van der Waals surface area contributed by atoms with Crippen LogP contribution in [0.2, 0.25) is 0 Å². The number of rotatable bonds is 4. The molecule has 0 amide bonds. The van der Waals surface area contributed by atoms with E-state index in [1.54, 1.807) is 10.9 Å². The van der Waals surface area contributed by atoms with Gasteiger partial charge >= 0.3 is 0 Å². The fraction of sp³-hybridized carbons (Fsp3) is 0.667. The molecule has 5 heteroatoms. The molecule has 0 aliphatic heterocycles. The molecule has 0 aliphatic carbocycles. The van der Waals surface area contributed by atoms with Gasteiger partial charge in [0, 0.05) is 13.1 Å². The van der Waals surface area contributed by atoms with E-state index in [4.69, 9.17) is 5.73 Å². The molecular weight excluding hydrogens is 246 g/mol. The van der Waals surface area contributed by atoms with Gasteiger partial charge < -0.3 is 10.8 Å². The maximum Gasteiger partial charge on any atom is 0.119 e. The van der Waals surface area contributed by atoms with Crippen molar-refractivity contribution in [2.45, 2.75) is 32.4 Å². The Bertz CT molecular complexity index is 307. The van der Waals surface area contributed by atoms with Crippen LogP contribution in [0.4, 0.5) is 0 Å². The van der Waals surface area contributed by atoms with E-state index in [-0.39, 0.29) is 6.54 Å². The first kappa shape index (κ1) is 11.7. The highest BCUT2D eigenvalue weighted by Gasteiger charge is 2.31. The molecule has 1 heterocycles. The molecule has 0 saturated heterocycles. The minimum atomic E-state index is -0.981. The van der Waals surface area contributed by atoms with Crippen molar-refractivity contribution in [3.05, 3.63) is 16.4 Å². The maximum atomic E-state index is 10.3. The Morgan fingerprint density at radius 3 is 2.71 bits per heavy atom. The molecule has 1 atom stereocenters. The molecule has 1 unspecified atom stereocenters. The highest BCUT2D eigenvalue weighted by atomic mass is 79.9. The molecule has 0 radical (unpaired) electrons. The summed E-state index contributed by atoms with van der Waals surface area (Å²) in [5, 5.41) is 14.4. The average Bonchev–Trinajstić information content (AvgIpc) is 2.59. The lowest BCUT2D eigenvalue weighted by atomic mass is 9.96. The standard InChI is InChI=1S/C9H16BrN3O/c1-3-9(14,6-11)8-7(10)5-12-13(8)4-2/h5,14H,3-4,6,11H2,1-2H3. The molecule has 3 N–H and O–H groups in total. The van der Waals surface area contributed by atoms with Crippen molar-refractivity contribution in [1.29, 1.82) is 0 Å². The molecule has 0 fully saturated rings. The third-order valence-corrected chi connectivity index (χ3v) is 3.04. The lowest BCUT2D eigenvalue weighted by Crippen LogP contribution is -2.36. The first-order chi connectivity index (χ1) is 6.59. The van der Waals surface area contributed by atoms with Crippen molar-refractivity contribution in [3.8, 4) is 0 Å². The third-order valence-electron chi connectivity index (χ3n) is 2.46. The summed E-state index contributed by atoms with van der Waals surface area (Å²) in [6.45, 7) is 4.82. The van der Waals surface area contributed by atoms with E-state index in [9.17, 15) is 5.11 Å². The molecule has 4 nitrogen and oxygen atoms in total. The van der Waals surface area contributed by atoms with Crippen molar-refractivity contribution >= 4 is 15.9 Å². The van der Waals surface area contributed by atoms with Gasteiger partial charge in [-0.3, -0.25) is 4.68 Å². The summed E-state index contributed by atoms with van der Waals surface area (Å²) in [6, 6.07) is 0. The van der Waals surface area contributed by atoms with Crippen molar-refractivity contribution < 1.29 is 5.11 Å². The van der Waals surface area contributed by atoms with Crippen LogP contribution >= 0.6 is 15.9 Å². The molecular formula is C9H16BrN3O. The largest absolute Gasteiger partial charge is 0.382 e. The molecule has 0 aliphatic rings. The van der Waals surface area contributed by atoms with Crippen LogP contribution < -0.4 is 5.73 Å². The van der Waals surface area contributed by atoms with E-state index in [0.29, 0.717) is 6.42 Å². The Kier molecular flexibility index (Phi) is 3.69. The second-order valence-electron chi connectivity index (χ2n) is 3.25. The van der Waals surface area contributed by atoms with Crippen molar-refractivity contribution in [1.82, 2.24) is 9.78 Å². The van der Waals surface area contributed by atoms with E-state index < -0.39 is 5.60 Å².